The fourth-order valence-electron chi connectivity index (χ4n) is 1.20. The van der Waals surface area contributed by atoms with Crippen molar-refractivity contribution < 1.29 is 22.0 Å². The summed E-state index contributed by atoms with van der Waals surface area (Å²) in [7, 11) is 0. The first-order valence-electron chi connectivity index (χ1n) is 4.04. The van der Waals surface area contributed by atoms with E-state index in [1.807, 2.05) is 0 Å². The minimum atomic E-state index is -4.62. The summed E-state index contributed by atoms with van der Waals surface area (Å²) in [5.74, 6) is -2.07. The Labute approximate surface area is 83.0 Å². The van der Waals surface area contributed by atoms with Crippen LogP contribution in [-0.4, -0.2) is 6.18 Å². The summed E-state index contributed by atoms with van der Waals surface area (Å²) in [6.07, 6.45) is -3.84. The summed E-state index contributed by atoms with van der Waals surface area (Å²) in [6, 6.07) is 1.81. The van der Waals surface area contributed by atoms with Crippen molar-refractivity contribution in [1.29, 1.82) is 0 Å². The van der Waals surface area contributed by atoms with Crippen molar-refractivity contribution in [1.82, 2.24) is 0 Å². The Morgan fingerprint density at radius 2 is 1.53 bits per heavy atom. The average molecular weight is 222 g/mol. The van der Waals surface area contributed by atoms with Crippen LogP contribution in [0.25, 0.3) is 5.57 Å². The van der Waals surface area contributed by atoms with Crippen LogP contribution in [0.4, 0.5) is 22.0 Å². The minimum Gasteiger partial charge on any atom is -0.207 e. The van der Waals surface area contributed by atoms with Crippen molar-refractivity contribution in [2.45, 2.75) is 13.1 Å². The van der Waals surface area contributed by atoms with Gasteiger partial charge in [0.05, 0.1) is 5.57 Å². The lowest BCUT2D eigenvalue weighted by Gasteiger charge is -2.11. The number of allylic oxidation sites excluding steroid dienone is 2. The third kappa shape index (κ3) is 2.78. The van der Waals surface area contributed by atoms with E-state index in [0.29, 0.717) is 18.2 Å². The highest BCUT2D eigenvalue weighted by Gasteiger charge is 2.34. The Hall–Kier alpha value is -1.39. The molecule has 0 heterocycles. The zero-order valence-corrected chi connectivity index (χ0v) is 7.70. The minimum absolute atomic E-state index is 0.512. The smallest absolute Gasteiger partial charge is 0.207 e. The fourth-order valence-corrected chi connectivity index (χ4v) is 1.20. The number of benzene rings is 1. The van der Waals surface area contributed by atoms with Crippen LogP contribution in [0.1, 0.15) is 12.5 Å². The van der Waals surface area contributed by atoms with Crippen LogP contribution in [-0.2, 0) is 0 Å². The Morgan fingerprint density at radius 1 is 1.07 bits per heavy atom. The Bertz CT molecular complexity index is 369. The van der Waals surface area contributed by atoms with E-state index < -0.39 is 28.9 Å². The third-order valence-corrected chi connectivity index (χ3v) is 1.77. The second kappa shape index (κ2) is 4.00. The van der Waals surface area contributed by atoms with Crippen molar-refractivity contribution in [3.05, 3.63) is 41.5 Å². The van der Waals surface area contributed by atoms with Crippen LogP contribution in [0.15, 0.2) is 24.3 Å². The summed E-state index contributed by atoms with van der Waals surface area (Å²) < 4.78 is 62.4. The van der Waals surface area contributed by atoms with E-state index in [1.165, 1.54) is 0 Å². The van der Waals surface area contributed by atoms with Gasteiger partial charge in [0.2, 0.25) is 0 Å². The van der Waals surface area contributed by atoms with Gasteiger partial charge in [-0.3, -0.25) is 0 Å². The maximum Gasteiger partial charge on any atom is 0.416 e. The van der Waals surface area contributed by atoms with E-state index >= 15 is 0 Å². The third-order valence-electron chi connectivity index (χ3n) is 1.77. The number of hydrogen-bond acceptors (Lipinski definition) is 0. The number of alkyl halides is 3. The summed E-state index contributed by atoms with van der Waals surface area (Å²) in [5.41, 5.74) is -1.57. The molecule has 0 unspecified atom stereocenters. The van der Waals surface area contributed by atoms with Crippen LogP contribution < -0.4 is 0 Å². The normalized spacial score (nSPS) is 13.1. The van der Waals surface area contributed by atoms with Gasteiger partial charge in [-0.15, -0.1) is 0 Å². The largest absolute Gasteiger partial charge is 0.416 e. The predicted octanol–water partition coefficient (Wildman–Crippen LogP) is 3.93. The molecule has 0 aromatic heterocycles. The highest BCUT2D eigenvalue weighted by Crippen LogP contribution is 2.34. The van der Waals surface area contributed by atoms with E-state index in [4.69, 9.17) is 0 Å². The first kappa shape index (κ1) is 11.7. The van der Waals surface area contributed by atoms with E-state index in [9.17, 15) is 22.0 Å². The van der Waals surface area contributed by atoms with Gasteiger partial charge in [-0.1, -0.05) is 6.08 Å². The van der Waals surface area contributed by atoms with Crippen molar-refractivity contribution in [2.24, 2.45) is 0 Å². The van der Waals surface area contributed by atoms with Gasteiger partial charge in [0.1, 0.15) is 11.6 Å². The summed E-state index contributed by atoms with van der Waals surface area (Å²) in [4.78, 5) is 0. The molecule has 0 fully saturated rings. The molecule has 0 atom stereocenters. The van der Waals surface area contributed by atoms with Crippen LogP contribution in [0.3, 0.4) is 0 Å². The Balaban J connectivity index is 3.26. The van der Waals surface area contributed by atoms with Gasteiger partial charge >= 0.3 is 6.18 Å². The van der Waals surface area contributed by atoms with E-state index in [0.717, 1.165) is 13.0 Å². The molecule has 0 aliphatic rings. The van der Waals surface area contributed by atoms with E-state index in [1.54, 1.807) is 0 Å². The lowest BCUT2D eigenvalue weighted by atomic mass is 10.1. The molecule has 0 radical (unpaired) electrons. The molecule has 1 rings (SSSR count). The van der Waals surface area contributed by atoms with Crippen LogP contribution in [0.2, 0.25) is 0 Å². The molecule has 0 saturated carbocycles. The first-order chi connectivity index (χ1) is 6.84. The van der Waals surface area contributed by atoms with Crippen LogP contribution in [0.5, 0.6) is 0 Å². The average Bonchev–Trinajstić information content (AvgIpc) is 1.99. The molecule has 0 saturated heterocycles. The summed E-state index contributed by atoms with van der Waals surface area (Å²) >= 11 is 0. The molecule has 82 valence electrons. The molecule has 0 N–H and O–H groups in total. The fraction of sp³-hybridized carbons (Fsp3) is 0.200. The molecule has 0 aliphatic carbocycles. The Morgan fingerprint density at radius 3 is 1.87 bits per heavy atom. The van der Waals surface area contributed by atoms with Gasteiger partial charge in [0.25, 0.3) is 0 Å². The maximum absolute atomic E-state index is 12.7. The molecule has 1 aromatic carbocycles. The quantitative estimate of drug-likeness (QED) is 0.631. The molecule has 15 heavy (non-hydrogen) atoms. The van der Waals surface area contributed by atoms with Gasteiger partial charge in [-0.25, -0.2) is 8.78 Å². The number of hydrogen-bond donors (Lipinski definition) is 0. The summed E-state index contributed by atoms with van der Waals surface area (Å²) in [5, 5.41) is 0. The SMILES string of the molecule is C/C=C(\c1cc(F)cc(F)c1)C(F)(F)F. The molecular formula is C10H7F5. The predicted molar refractivity (Wildman–Crippen MR) is 46.1 cm³/mol. The van der Waals surface area contributed by atoms with Gasteiger partial charge in [0, 0.05) is 6.07 Å². The number of halogens is 5. The maximum atomic E-state index is 12.7. The first-order valence-corrected chi connectivity index (χ1v) is 4.04. The van der Waals surface area contributed by atoms with E-state index in [-0.39, 0.29) is 0 Å². The van der Waals surface area contributed by atoms with Gasteiger partial charge in [-0.05, 0) is 24.6 Å². The molecule has 0 bridgehead atoms. The second-order valence-electron chi connectivity index (χ2n) is 2.86. The lowest BCUT2D eigenvalue weighted by molar-refractivity contribution is -0.0690. The number of rotatable bonds is 1. The molecule has 5 heteroatoms. The highest BCUT2D eigenvalue weighted by molar-refractivity contribution is 5.69. The zero-order chi connectivity index (χ0) is 11.6. The molecule has 0 spiro atoms. The molecular weight excluding hydrogens is 215 g/mol. The van der Waals surface area contributed by atoms with Crippen molar-refractivity contribution in [2.75, 3.05) is 0 Å². The van der Waals surface area contributed by atoms with Crippen molar-refractivity contribution in [3.63, 3.8) is 0 Å². The molecule has 0 amide bonds. The topological polar surface area (TPSA) is 0 Å². The van der Waals surface area contributed by atoms with Crippen molar-refractivity contribution in [3.8, 4) is 0 Å². The van der Waals surface area contributed by atoms with Gasteiger partial charge < -0.3 is 0 Å². The van der Waals surface area contributed by atoms with Crippen LogP contribution >= 0.6 is 0 Å². The molecule has 0 nitrogen and oxygen atoms in total. The van der Waals surface area contributed by atoms with Crippen LogP contribution in [0, 0.1) is 11.6 Å². The standard InChI is InChI=1S/C10H7F5/c1-2-9(10(13,14)15)6-3-7(11)5-8(12)4-6/h2-5H,1H3/b9-2+. The van der Waals surface area contributed by atoms with Gasteiger partial charge in [0.15, 0.2) is 0 Å². The van der Waals surface area contributed by atoms with E-state index in [2.05, 4.69) is 0 Å². The zero-order valence-electron chi connectivity index (χ0n) is 7.70. The lowest BCUT2D eigenvalue weighted by Crippen LogP contribution is -2.10. The molecule has 1 aromatic rings. The monoisotopic (exact) mass is 222 g/mol. The second-order valence-corrected chi connectivity index (χ2v) is 2.86. The van der Waals surface area contributed by atoms with Crippen molar-refractivity contribution >= 4 is 5.57 Å². The molecule has 0 aliphatic heterocycles. The Kier molecular flexibility index (Phi) is 3.12. The van der Waals surface area contributed by atoms with Gasteiger partial charge in [-0.2, -0.15) is 13.2 Å². The highest BCUT2D eigenvalue weighted by atomic mass is 19.4. The summed E-state index contributed by atoms with van der Waals surface area (Å²) in [6.45, 7) is 1.16.